The van der Waals surface area contributed by atoms with Gasteiger partial charge < -0.3 is 20.6 Å². The summed E-state index contributed by atoms with van der Waals surface area (Å²) in [6.45, 7) is 4.23. The maximum absolute atomic E-state index is 12.4. The molecule has 0 saturated carbocycles. The Bertz CT molecular complexity index is 630. The van der Waals surface area contributed by atoms with E-state index in [4.69, 9.17) is 0 Å². The van der Waals surface area contributed by atoms with E-state index in [1.54, 1.807) is 0 Å². The van der Waals surface area contributed by atoms with Gasteiger partial charge in [0.25, 0.3) is 0 Å². The second kappa shape index (κ2) is 39.1. The number of hydrogen-bond donors (Lipinski definition) is 4. The SMILES string of the molecule is CCCCCCCCCCCCCCCCCCCCCCCCCCC(O)C(CO)NC(=O)C(O)CCCCCCCCCCCC. The molecule has 5 heteroatoms. The van der Waals surface area contributed by atoms with Gasteiger partial charge in [0.1, 0.15) is 6.10 Å². The van der Waals surface area contributed by atoms with Crippen LogP contribution in [0.5, 0.6) is 0 Å². The number of nitrogens with one attached hydrogen (secondary N) is 1. The number of rotatable bonds is 40. The first-order valence-corrected chi connectivity index (χ1v) is 21.8. The van der Waals surface area contributed by atoms with Crippen LogP contribution in [0, 0.1) is 0 Å². The quantitative estimate of drug-likeness (QED) is 0.0485. The first-order chi connectivity index (χ1) is 23.6. The predicted octanol–water partition coefficient (Wildman–Crippen LogP) is 12.3. The molecule has 0 aliphatic carbocycles. The molecule has 0 fully saturated rings. The topological polar surface area (TPSA) is 89.8 Å². The number of aliphatic hydroxyl groups is 3. The van der Waals surface area contributed by atoms with Crippen LogP contribution in [0.25, 0.3) is 0 Å². The minimum atomic E-state index is -1.07. The molecule has 0 aromatic rings. The van der Waals surface area contributed by atoms with E-state index in [9.17, 15) is 20.1 Å². The highest BCUT2D eigenvalue weighted by molar-refractivity contribution is 5.80. The summed E-state index contributed by atoms with van der Waals surface area (Å²) in [5.74, 6) is -0.469. The van der Waals surface area contributed by atoms with Gasteiger partial charge in [-0.05, 0) is 12.8 Å². The molecule has 3 unspecified atom stereocenters. The van der Waals surface area contributed by atoms with Gasteiger partial charge >= 0.3 is 0 Å². The highest BCUT2D eigenvalue weighted by atomic mass is 16.3. The van der Waals surface area contributed by atoms with Crippen molar-refractivity contribution in [2.45, 2.75) is 263 Å². The molecule has 1 amide bonds. The van der Waals surface area contributed by atoms with Crippen LogP contribution in [0.4, 0.5) is 0 Å². The lowest BCUT2D eigenvalue weighted by molar-refractivity contribution is -0.131. The molecule has 0 heterocycles. The molecule has 0 radical (unpaired) electrons. The van der Waals surface area contributed by atoms with Crippen molar-refractivity contribution in [1.82, 2.24) is 5.32 Å². The zero-order valence-corrected chi connectivity index (χ0v) is 32.6. The maximum atomic E-state index is 12.4. The Morgan fingerprint density at radius 1 is 0.417 bits per heavy atom. The number of carbonyl (C=O) groups is 1. The van der Waals surface area contributed by atoms with Gasteiger partial charge in [0, 0.05) is 0 Å². The van der Waals surface area contributed by atoms with Crippen LogP contribution in [0.2, 0.25) is 0 Å². The Morgan fingerprint density at radius 3 is 0.938 bits per heavy atom. The Kier molecular flexibility index (Phi) is 38.6. The summed E-state index contributed by atoms with van der Waals surface area (Å²) < 4.78 is 0. The normalized spacial score (nSPS) is 13.5. The van der Waals surface area contributed by atoms with Crippen LogP contribution in [-0.2, 0) is 4.79 Å². The van der Waals surface area contributed by atoms with Crippen molar-refractivity contribution < 1.29 is 20.1 Å². The summed E-state index contributed by atoms with van der Waals surface area (Å²) in [4.78, 5) is 12.4. The highest BCUT2D eigenvalue weighted by Gasteiger charge is 2.23. The maximum Gasteiger partial charge on any atom is 0.249 e. The van der Waals surface area contributed by atoms with E-state index < -0.39 is 24.2 Å². The first kappa shape index (κ1) is 47.4. The van der Waals surface area contributed by atoms with E-state index in [-0.39, 0.29) is 6.61 Å². The standard InChI is InChI=1S/C43H87NO4/c1-3-5-7-9-11-13-15-16-17-18-19-20-21-22-23-24-25-26-27-28-30-31-33-35-37-41(46)40(39-45)44-43(48)42(47)38-36-34-32-29-14-12-10-8-6-4-2/h40-42,45-47H,3-39H2,1-2H3,(H,44,48). The summed E-state index contributed by atoms with van der Waals surface area (Å²) >= 11 is 0. The van der Waals surface area contributed by atoms with Gasteiger partial charge in [0.05, 0.1) is 18.8 Å². The van der Waals surface area contributed by atoms with E-state index in [2.05, 4.69) is 19.2 Å². The van der Waals surface area contributed by atoms with Gasteiger partial charge in [0.2, 0.25) is 5.91 Å². The van der Waals surface area contributed by atoms with Crippen molar-refractivity contribution in [2.24, 2.45) is 0 Å². The number of unbranched alkanes of at least 4 members (excludes halogenated alkanes) is 32. The monoisotopic (exact) mass is 682 g/mol. The minimum Gasteiger partial charge on any atom is -0.394 e. The average Bonchev–Trinajstić information content (AvgIpc) is 3.09. The molecular formula is C43H87NO4. The lowest BCUT2D eigenvalue weighted by Crippen LogP contribution is -2.49. The molecule has 288 valence electrons. The zero-order valence-electron chi connectivity index (χ0n) is 32.6. The van der Waals surface area contributed by atoms with E-state index in [0.717, 1.165) is 32.1 Å². The fourth-order valence-electron chi connectivity index (χ4n) is 7.02. The number of amides is 1. The number of carbonyl (C=O) groups excluding carboxylic acids is 1. The predicted molar refractivity (Wildman–Crippen MR) is 209 cm³/mol. The third-order valence-corrected chi connectivity index (χ3v) is 10.5. The molecule has 0 rings (SSSR count). The minimum absolute atomic E-state index is 0.308. The second-order valence-electron chi connectivity index (χ2n) is 15.3. The fraction of sp³-hybridized carbons (Fsp3) is 0.977. The molecule has 0 bridgehead atoms. The van der Waals surface area contributed by atoms with Crippen molar-refractivity contribution >= 4 is 5.91 Å². The van der Waals surface area contributed by atoms with Crippen LogP contribution >= 0.6 is 0 Å². The smallest absolute Gasteiger partial charge is 0.249 e. The molecular weight excluding hydrogens is 594 g/mol. The molecule has 4 N–H and O–H groups in total. The van der Waals surface area contributed by atoms with E-state index in [1.165, 1.54) is 186 Å². The number of hydrogen-bond acceptors (Lipinski definition) is 4. The highest BCUT2D eigenvalue weighted by Crippen LogP contribution is 2.17. The average molecular weight is 682 g/mol. The van der Waals surface area contributed by atoms with E-state index in [0.29, 0.717) is 12.8 Å². The third-order valence-electron chi connectivity index (χ3n) is 10.5. The van der Waals surface area contributed by atoms with Gasteiger partial charge in [-0.1, -0.05) is 232 Å². The van der Waals surface area contributed by atoms with Crippen LogP contribution in [0.3, 0.4) is 0 Å². The molecule has 5 nitrogen and oxygen atoms in total. The lowest BCUT2D eigenvalue weighted by atomic mass is 10.0. The van der Waals surface area contributed by atoms with Gasteiger partial charge in [-0.15, -0.1) is 0 Å². The van der Waals surface area contributed by atoms with Gasteiger partial charge in [-0.3, -0.25) is 4.79 Å². The van der Waals surface area contributed by atoms with Crippen LogP contribution < -0.4 is 5.32 Å². The van der Waals surface area contributed by atoms with Crippen LogP contribution in [-0.4, -0.2) is 46.1 Å². The molecule has 0 aliphatic rings. The molecule has 3 atom stereocenters. The van der Waals surface area contributed by atoms with Crippen LogP contribution in [0.15, 0.2) is 0 Å². The van der Waals surface area contributed by atoms with Crippen molar-refractivity contribution in [3.05, 3.63) is 0 Å². The van der Waals surface area contributed by atoms with Gasteiger partial charge in [-0.2, -0.15) is 0 Å². The van der Waals surface area contributed by atoms with E-state index in [1.807, 2.05) is 0 Å². The Morgan fingerprint density at radius 2 is 0.667 bits per heavy atom. The van der Waals surface area contributed by atoms with Gasteiger partial charge in [0.15, 0.2) is 0 Å². The van der Waals surface area contributed by atoms with Crippen molar-refractivity contribution in [2.75, 3.05) is 6.61 Å². The number of aliphatic hydroxyl groups excluding tert-OH is 3. The Hall–Kier alpha value is -0.650. The lowest BCUT2D eigenvalue weighted by Gasteiger charge is -2.23. The van der Waals surface area contributed by atoms with Crippen molar-refractivity contribution in [3.63, 3.8) is 0 Å². The molecule has 0 spiro atoms. The Labute approximate surface area is 300 Å². The summed E-state index contributed by atoms with van der Waals surface area (Å²) in [5.41, 5.74) is 0. The van der Waals surface area contributed by atoms with Gasteiger partial charge in [-0.25, -0.2) is 0 Å². The zero-order chi connectivity index (χ0) is 35.2. The molecule has 0 saturated heterocycles. The van der Waals surface area contributed by atoms with Crippen LogP contribution in [0.1, 0.15) is 245 Å². The third kappa shape index (κ3) is 33.8. The van der Waals surface area contributed by atoms with Crippen molar-refractivity contribution in [3.8, 4) is 0 Å². The summed E-state index contributed by atoms with van der Waals surface area (Å²) in [6, 6.07) is -0.704. The second-order valence-corrected chi connectivity index (χ2v) is 15.3. The van der Waals surface area contributed by atoms with E-state index >= 15 is 0 Å². The van der Waals surface area contributed by atoms with Crippen molar-refractivity contribution in [1.29, 1.82) is 0 Å². The first-order valence-electron chi connectivity index (χ1n) is 21.8. The summed E-state index contributed by atoms with van der Waals surface area (Å²) in [7, 11) is 0. The summed E-state index contributed by atoms with van der Waals surface area (Å²) in [5, 5.41) is 33.2. The largest absolute Gasteiger partial charge is 0.394 e. The molecule has 48 heavy (non-hydrogen) atoms. The molecule has 0 aromatic carbocycles. The molecule has 0 aromatic heterocycles. The Balaban J connectivity index is 3.51. The fourth-order valence-corrected chi connectivity index (χ4v) is 7.02. The summed E-state index contributed by atoms with van der Waals surface area (Å²) in [6.07, 6.45) is 44.0. The molecule has 0 aliphatic heterocycles.